The summed E-state index contributed by atoms with van der Waals surface area (Å²) in [4.78, 5) is 36.8. The summed E-state index contributed by atoms with van der Waals surface area (Å²) < 4.78 is 5.29. The van der Waals surface area contributed by atoms with Gasteiger partial charge in [0.1, 0.15) is 11.2 Å². The molecule has 0 aliphatic heterocycles. The van der Waals surface area contributed by atoms with Crippen LogP contribution < -0.4 is 20.7 Å². The Morgan fingerprint density at radius 2 is 1.57 bits per heavy atom. The van der Waals surface area contributed by atoms with Gasteiger partial charge < -0.3 is 20.7 Å². The maximum atomic E-state index is 12.8. The number of anilines is 3. The number of carbonyl (C=O) groups is 3. The van der Waals surface area contributed by atoms with Crippen LogP contribution in [0.15, 0.2) is 42.5 Å². The second kappa shape index (κ2) is 7.72. The SMILES string of the molecule is COc1ccc(C)cc1NC(=O)C1(C(=O)Nc2cccc(NC(C)=O)c2)CC1. The Balaban J connectivity index is 1.73. The van der Waals surface area contributed by atoms with Gasteiger partial charge in [-0.25, -0.2) is 0 Å². The van der Waals surface area contributed by atoms with Crippen molar-refractivity contribution >= 4 is 34.8 Å². The van der Waals surface area contributed by atoms with Gasteiger partial charge in [-0.15, -0.1) is 0 Å². The molecule has 1 saturated carbocycles. The summed E-state index contributed by atoms with van der Waals surface area (Å²) in [5.41, 5.74) is 1.51. The molecule has 2 aromatic carbocycles. The molecule has 3 amide bonds. The Labute approximate surface area is 163 Å². The molecular weight excluding hydrogens is 358 g/mol. The van der Waals surface area contributed by atoms with Crippen LogP contribution in [0.5, 0.6) is 5.75 Å². The number of ether oxygens (including phenoxy) is 1. The minimum atomic E-state index is -1.10. The quantitative estimate of drug-likeness (QED) is 0.669. The van der Waals surface area contributed by atoms with E-state index >= 15 is 0 Å². The highest BCUT2D eigenvalue weighted by Crippen LogP contribution is 2.48. The summed E-state index contributed by atoms with van der Waals surface area (Å²) in [6.45, 7) is 3.32. The van der Waals surface area contributed by atoms with Crippen LogP contribution in [-0.4, -0.2) is 24.8 Å². The van der Waals surface area contributed by atoms with Crippen LogP contribution in [0.3, 0.4) is 0 Å². The van der Waals surface area contributed by atoms with Crippen molar-refractivity contribution in [2.24, 2.45) is 5.41 Å². The van der Waals surface area contributed by atoms with E-state index in [9.17, 15) is 14.4 Å². The monoisotopic (exact) mass is 381 g/mol. The first-order valence-corrected chi connectivity index (χ1v) is 8.99. The number of methoxy groups -OCH3 is 1. The molecule has 0 radical (unpaired) electrons. The molecular formula is C21H23N3O4. The normalized spacial score (nSPS) is 14.0. The first kappa shape index (κ1) is 19.4. The van der Waals surface area contributed by atoms with Crippen molar-refractivity contribution in [1.29, 1.82) is 0 Å². The fraction of sp³-hybridized carbons (Fsp3) is 0.286. The maximum Gasteiger partial charge on any atom is 0.240 e. The molecule has 7 nitrogen and oxygen atoms in total. The lowest BCUT2D eigenvalue weighted by Gasteiger charge is -2.17. The zero-order chi connectivity index (χ0) is 20.3. The van der Waals surface area contributed by atoms with Crippen molar-refractivity contribution in [3.8, 4) is 5.75 Å². The molecule has 2 aromatic rings. The summed E-state index contributed by atoms with van der Waals surface area (Å²) in [5.74, 6) is -0.379. The van der Waals surface area contributed by atoms with Crippen molar-refractivity contribution in [2.45, 2.75) is 26.7 Å². The fourth-order valence-corrected chi connectivity index (χ4v) is 2.97. The molecule has 0 heterocycles. The Morgan fingerprint density at radius 1 is 0.929 bits per heavy atom. The van der Waals surface area contributed by atoms with Gasteiger partial charge >= 0.3 is 0 Å². The van der Waals surface area contributed by atoms with Gasteiger partial charge in [-0.3, -0.25) is 14.4 Å². The van der Waals surface area contributed by atoms with E-state index in [-0.39, 0.29) is 17.7 Å². The van der Waals surface area contributed by atoms with Gasteiger partial charge in [0.05, 0.1) is 12.8 Å². The zero-order valence-corrected chi connectivity index (χ0v) is 16.1. The molecule has 0 aromatic heterocycles. The standard InChI is InChI=1S/C21H23N3O4/c1-13-7-8-18(28-3)17(11-13)24-20(27)21(9-10-21)19(26)23-16-6-4-5-15(12-16)22-14(2)25/h4-8,11-12H,9-10H2,1-3H3,(H,22,25)(H,23,26)(H,24,27). The van der Waals surface area contributed by atoms with E-state index in [0.717, 1.165) is 5.56 Å². The molecule has 146 valence electrons. The van der Waals surface area contributed by atoms with Gasteiger partial charge in [-0.2, -0.15) is 0 Å². The highest BCUT2D eigenvalue weighted by Gasteiger charge is 2.56. The number of hydrogen-bond donors (Lipinski definition) is 3. The van der Waals surface area contributed by atoms with Crippen molar-refractivity contribution in [3.63, 3.8) is 0 Å². The number of benzene rings is 2. The van der Waals surface area contributed by atoms with Gasteiger partial charge in [0.25, 0.3) is 0 Å². The first-order chi connectivity index (χ1) is 13.3. The highest BCUT2D eigenvalue weighted by molar-refractivity contribution is 6.17. The van der Waals surface area contributed by atoms with Gasteiger partial charge in [0.2, 0.25) is 17.7 Å². The van der Waals surface area contributed by atoms with Crippen molar-refractivity contribution in [2.75, 3.05) is 23.1 Å². The summed E-state index contributed by atoms with van der Waals surface area (Å²) in [5, 5.41) is 8.27. The van der Waals surface area contributed by atoms with Crippen LogP contribution in [0.25, 0.3) is 0 Å². The Bertz CT molecular complexity index is 935. The molecule has 0 spiro atoms. The molecule has 1 fully saturated rings. The van der Waals surface area contributed by atoms with Gasteiger partial charge in [0.15, 0.2) is 0 Å². The fourth-order valence-electron chi connectivity index (χ4n) is 2.97. The van der Waals surface area contributed by atoms with Crippen LogP contribution in [0.4, 0.5) is 17.1 Å². The number of aryl methyl sites for hydroxylation is 1. The van der Waals surface area contributed by atoms with E-state index in [1.165, 1.54) is 14.0 Å². The number of rotatable bonds is 6. The van der Waals surface area contributed by atoms with E-state index in [0.29, 0.717) is 35.7 Å². The smallest absolute Gasteiger partial charge is 0.240 e. The van der Waals surface area contributed by atoms with E-state index in [1.807, 2.05) is 19.1 Å². The number of nitrogens with one attached hydrogen (secondary N) is 3. The largest absolute Gasteiger partial charge is 0.495 e. The lowest BCUT2D eigenvalue weighted by atomic mass is 10.0. The first-order valence-electron chi connectivity index (χ1n) is 8.99. The second-order valence-electron chi connectivity index (χ2n) is 6.96. The molecule has 0 unspecified atom stereocenters. The third-order valence-corrected chi connectivity index (χ3v) is 4.66. The Morgan fingerprint density at radius 3 is 2.18 bits per heavy atom. The third-order valence-electron chi connectivity index (χ3n) is 4.66. The molecule has 3 rings (SSSR count). The van der Waals surface area contributed by atoms with Gasteiger partial charge in [-0.05, 0) is 55.7 Å². The van der Waals surface area contributed by atoms with Gasteiger partial charge in [-0.1, -0.05) is 12.1 Å². The van der Waals surface area contributed by atoms with Crippen LogP contribution in [0.2, 0.25) is 0 Å². The topological polar surface area (TPSA) is 96.5 Å². The van der Waals surface area contributed by atoms with E-state index in [4.69, 9.17) is 4.74 Å². The predicted molar refractivity (Wildman–Crippen MR) is 107 cm³/mol. The average molecular weight is 381 g/mol. The van der Waals surface area contributed by atoms with Crippen LogP contribution in [0, 0.1) is 12.3 Å². The van der Waals surface area contributed by atoms with Crippen molar-refractivity contribution < 1.29 is 19.1 Å². The van der Waals surface area contributed by atoms with Gasteiger partial charge in [0, 0.05) is 18.3 Å². The summed E-state index contributed by atoms with van der Waals surface area (Å²) >= 11 is 0. The molecule has 3 N–H and O–H groups in total. The van der Waals surface area contributed by atoms with E-state index in [1.54, 1.807) is 30.3 Å². The number of amides is 3. The molecule has 0 atom stereocenters. The third kappa shape index (κ3) is 4.14. The zero-order valence-electron chi connectivity index (χ0n) is 16.1. The molecule has 1 aliphatic carbocycles. The lowest BCUT2D eigenvalue weighted by Crippen LogP contribution is -2.35. The maximum absolute atomic E-state index is 12.8. The predicted octanol–water partition coefficient (Wildman–Crippen LogP) is 3.32. The highest BCUT2D eigenvalue weighted by atomic mass is 16.5. The molecule has 28 heavy (non-hydrogen) atoms. The molecule has 1 aliphatic rings. The minimum Gasteiger partial charge on any atom is -0.495 e. The van der Waals surface area contributed by atoms with Crippen LogP contribution in [0.1, 0.15) is 25.3 Å². The van der Waals surface area contributed by atoms with Crippen LogP contribution in [-0.2, 0) is 14.4 Å². The minimum absolute atomic E-state index is 0.200. The van der Waals surface area contributed by atoms with Crippen molar-refractivity contribution in [1.82, 2.24) is 0 Å². The van der Waals surface area contributed by atoms with E-state index in [2.05, 4.69) is 16.0 Å². The van der Waals surface area contributed by atoms with Crippen molar-refractivity contribution in [3.05, 3.63) is 48.0 Å². The Kier molecular flexibility index (Phi) is 5.35. The Hall–Kier alpha value is -3.35. The average Bonchev–Trinajstić information content (AvgIpc) is 3.44. The molecule has 7 heteroatoms. The lowest BCUT2D eigenvalue weighted by molar-refractivity contribution is -0.131. The van der Waals surface area contributed by atoms with E-state index < -0.39 is 5.41 Å². The number of hydrogen-bond acceptors (Lipinski definition) is 4. The number of carbonyl (C=O) groups excluding carboxylic acids is 3. The summed E-state index contributed by atoms with van der Waals surface area (Å²) in [6.07, 6.45) is 0.953. The summed E-state index contributed by atoms with van der Waals surface area (Å²) in [6, 6.07) is 12.3. The second-order valence-corrected chi connectivity index (χ2v) is 6.96. The summed E-state index contributed by atoms with van der Waals surface area (Å²) in [7, 11) is 1.53. The molecule has 0 saturated heterocycles. The molecule has 0 bridgehead atoms. The van der Waals surface area contributed by atoms with Crippen LogP contribution >= 0.6 is 0 Å².